The Hall–Kier alpha value is -2.41. The van der Waals surface area contributed by atoms with E-state index in [0.29, 0.717) is 34.9 Å². The number of aryl methyl sites for hydroxylation is 1. The quantitative estimate of drug-likeness (QED) is 0.831. The average Bonchev–Trinajstić information content (AvgIpc) is 3.29. The number of nitrogens with one attached hydrogen (secondary N) is 1. The fourth-order valence-corrected chi connectivity index (χ4v) is 3.67. The second-order valence-electron chi connectivity index (χ2n) is 5.95. The zero-order valence-electron chi connectivity index (χ0n) is 14.3. The Morgan fingerprint density at radius 2 is 1.92 bits per heavy atom. The number of aromatic nitrogens is 1. The normalized spacial score (nSPS) is 15.0. The van der Waals surface area contributed by atoms with Crippen molar-refractivity contribution in [1.29, 1.82) is 0 Å². The highest BCUT2D eigenvalue weighted by Crippen LogP contribution is 2.29. The molecule has 1 saturated heterocycles. The highest BCUT2D eigenvalue weighted by atomic mass is 32.1. The van der Waals surface area contributed by atoms with E-state index in [1.807, 2.05) is 30.3 Å². The lowest BCUT2D eigenvalue weighted by Crippen LogP contribution is -2.35. The number of likely N-dealkylation sites (tertiary alicyclic amines) is 1. The highest BCUT2D eigenvalue weighted by molar-refractivity contribution is 7.10. The van der Waals surface area contributed by atoms with Crippen LogP contribution in [0.25, 0.3) is 0 Å². The van der Waals surface area contributed by atoms with Gasteiger partial charge in [-0.25, -0.2) is 4.79 Å². The Morgan fingerprint density at radius 3 is 2.56 bits per heavy atom. The maximum Gasteiger partial charge on any atom is 0.344 e. The van der Waals surface area contributed by atoms with Gasteiger partial charge < -0.3 is 15.0 Å². The molecule has 1 amide bonds. The number of ether oxygens (including phenoxy) is 1. The summed E-state index contributed by atoms with van der Waals surface area (Å²) in [6, 6.07) is 9.16. The van der Waals surface area contributed by atoms with Crippen molar-refractivity contribution in [2.75, 3.05) is 25.5 Å². The highest BCUT2D eigenvalue weighted by Gasteiger charge is 2.32. The molecular weight excluding hydrogens is 338 g/mol. The minimum Gasteiger partial charge on any atom is -0.444 e. The number of hydrogen-bond acceptors (Lipinski definition) is 6. The van der Waals surface area contributed by atoms with E-state index >= 15 is 0 Å². The first kappa shape index (κ1) is 17.4. The smallest absolute Gasteiger partial charge is 0.344 e. The van der Waals surface area contributed by atoms with E-state index in [1.54, 1.807) is 18.9 Å². The van der Waals surface area contributed by atoms with Crippen molar-refractivity contribution in [1.82, 2.24) is 9.27 Å². The summed E-state index contributed by atoms with van der Waals surface area (Å²) in [5.41, 5.74) is 1.67. The van der Waals surface area contributed by atoms with Crippen LogP contribution in [0, 0.1) is 6.92 Å². The number of hydrogen-bond donors (Lipinski definition) is 1. The predicted molar refractivity (Wildman–Crippen MR) is 96.8 cm³/mol. The van der Waals surface area contributed by atoms with Crippen LogP contribution in [0.2, 0.25) is 0 Å². The van der Waals surface area contributed by atoms with Gasteiger partial charge in [0, 0.05) is 25.7 Å². The van der Waals surface area contributed by atoms with Gasteiger partial charge in [0.2, 0.25) is 6.10 Å². The van der Waals surface area contributed by atoms with E-state index in [2.05, 4.69) is 9.69 Å². The Bertz CT molecular complexity index is 754. The van der Waals surface area contributed by atoms with Crippen LogP contribution in [0.1, 0.15) is 40.6 Å². The fraction of sp³-hybridized carbons (Fsp3) is 0.389. The van der Waals surface area contributed by atoms with Crippen molar-refractivity contribution in [3.8, 4) is 0 Å². The van der Waals surface area contributed by atoms with E-state index in [0.717, 1.165) is 12.8 Å². The van der Waals surface area contributed by atoms with Gasteiger partial charge in [0.1, 0.15) is 10.6 Å². The largest absolute Gasteiger partial charge is 0.444 e. The van der Waals surface area contributed by atoms with Crippen molar-refractivity contribution in [2.45, 2.75) is 25.9 Å². The van der Waals surface area contributed by atoms with Gasteiger partial charge in [-0.05, 0) is 31.3 Å². The van der Waals surface area contributed by atoms with E-state index in [9.17, 15) is 9.59 Å². The van der Waals surface area contributed by atoms with Crippen LogP contribution in [0.3, 0.4) is 0 Å². The molecule has 1 aliphatic rings. The summed E-state index contributed by atoms with van der Waals surface area (Å²) < 4.78 is 9.87. The zero-order chi connectivity index (χ0) is 17.8. The Kier molecular flexibility index (Phi) is 5.33. The lowest BCUT2D eigenvalue weighted by molar-refractivity contribution is -0.140. The first-order chi connectivity index (χ1) is 12.1. The number of amides is 1. The van der Waals surface area contributed by atoms with Crippen LogP contribution in [-0.2, 0) is 9.53 Å². The molecule has 1 N–H and O–H groups in total. The summed E-state index contributed by atoms with van der Waals surface area (Å²) >= 11 is 1.20. The van der Waals surface area contributed by atoms with Gasteiger partial charge in [-0.15, -0.1) is 0 Å². The molecule has 1 aliphatic heterocycles. The minimum absolute atomic E-state index is 0.163. The monoisotopic (exact) mass is 359 g/mol. The molecule has 1 unspecified atom stereocenters. The first-order valence-electron chi connectivity index (χ1n) is 8.30. The number of esters is 1. The fourth-order valence-electron chi connectivity index (χ4n) is 2.94. The molecule has 25 heavy (non-hydrogen) atoms. The number of carbonyl (C=O) groups is 2. The molecule has 1 aromatic carbocycles. The molecular formula is C18H21N3O3S. The minimum atomic E-state index is -0.934. The van der Waals surface area contributed by atoms with Crippen molar-refractivity contribution in [2.24, 2.45) is 0 Å². The third-order valence-electron chi connectivity index (χ3n) is 4.26. The molecule has 132 valence electrons. The van der Waals surface area contributed by atoms with Gasteiger partial charge in [-0.3, -0.25) is 4.79 Å². The van der Waals surface area contributed by atoms with E-state index < -0.39 is 12.1 Å². The third-order valence-corrected chi connectivity index (χ3v) is 5.22. The van der Waals surface area contributed by atoms with Crippen LogP contribution in [0.4, 0.5) is 5.00 Å². The number of nitrogens with zero attached hydrogens (tertiary/aromatic N) is 2. The second kappa shape index (κ2) is 7.65. The van der Waals surface area contributed by atoms with Crippen LogP contribution in [-0.4, -0.2) is 41.3 Å². The van der Waals surface area contributed by atoms with E-state index in [1.165, 1.54) is 11.5 Å². The van der Waals surface area contributed by atoms with Crippen molar-refractivity contribution in [3.63, 3.8) is 0 Å². The number of rotatable bonds is 5. The molecule has 0 saturated carbocycles. The zero-order valence-corrected chi connectivity index (χ0v) is 15.1. The Morgan fingerprint density at radius 1 is 1.24 bits per heavy atom. The lowest BCUT2D eigenvalue weighted by Gasteiger charge is -2.23. The topological polar surface area (TPSA) is 71.5 Å². The molecule has 2 heterocycles. The van der Waals surface area contributed by atoms with Crippen molar-refractivity contribution >= 4 is 28.4 Å². The molecule has 0 spiro atoms. The maximum atomic E-state index is 12.9. The van der Waals surface area contributed by atoms with Gasteiger partial charge in [-0.1, -0.05) is 30.3 Å². The Labute approximate surface area is 151 Å². The first-order valence-corrected chi connectivity index (χ1v) is 9.08. The molecule has 1 aromatic heterocycles. The number of carbonyl (C=O) groups excluding carboxylic acids is 2. The molecule has 1 atom stereocenters. The lowest BCUT2D eigenvalue weighted by atomic mass is 10.1. The summed E-state index contributed by atoms with van der Waals surface area (Å²) in [6.07, 6.45) is 1.04. The van der Waals surface area contributed by atoms with Crippen LogP contribution < -0.4 is 5.32 Å². The summed E-state index contributed by atoms with van der Waals surface area (Å²) in [6.45, 7) is 3.18. The maximum absolute atomic E-state index is 12.9. The molecule has 2 aromatic rings. The Balaban J connectivity index is 1.88. The molecule has 7 heteroatoms. The van der Waals surface area contributed by atoms with Crippen LogP contribution in [0.5, 0.6) is 0 Å². The number of anilines is 1. The van der Waals surface area contributed by atoms with Crippen LogP contribution in [0.15, 0.2) is 30.3 Å². The summed E-state index contributed by atoms with van der Waals surface area (Å²) in [5, 5.41) is 3.60. The van der Waals surface area contributed by atoms with Crippen LogP contribution >= 0.6 is 11.5 Å². The number of benzene rings is 1. The van der Waals surface area contributed by atoms with Gasteiger partial charge in [0.15, 0.2) is 0 Å². The van der Waals surface area contributed by atoms with Gasteiger partial charge >= 0.3 is 5.97 Å². The average molecular weight is 359 g/mol. The SMILES string of the molecule is CNc1snc(C)c1C(=O)OC(C(=O)N1CCCC1)c1ccccc1. The predicted octanol–water partition coefficient (Wildman–Crippen LogP) is 3.01. The standard InChI is InChI=1S/C18H21N3O3S/c1-12-14(16(19-2)25-20-12)18(23)24-15(13-8-4-3-5-9-13)17(22)21-10-6-7-11-21/h3-5,8-9,15,19H,6-7,10-11H2,1-2H3. The van der Waals surface area contributed by atoms with E-state index in [4.69, 9.17) is 4.74 Å². The summed E-state index contributed by atoms with van der Waals surface area (Å²) in [4.78, 5) is 27.4. The second-order valence-corrected chi connectivity index (χ2v) is 6.72. The van der Waals surface area contributed by atoms with Gasteiger partial charge in [0.05, 0.1) is 5.69 Å². The van der Waals surface area contributed by atoms with Gasteiger partial charge in [0.25, 0.3) is 5.91 Å². The molecule has 3 rings (SSSR count). The third kappa shape index (κ3) is 3.66. The molecule has 1 fully saturated rings. The van der Waals surface area contributed by atoms with Gasteiger partial charge in [-0.2, -0.15) is 4.37 Å². The van der Waals surface area contributed by atoms with Crippen molar-refractivity contribution in [3.05, 3.63) is 47.2 Å². The summed E-state index contributed by atoms with van der Waals surface area (Å²) in [5.74, 6) is -0.694. The molecule has 6 nitrogen and oxygen atoms in total. The van der Waals surface area contributed by atoms with Crippen molar-refractivity contribution < 1.29 is 14.3 Å². The van der Waals surface area contributed by atoms with E-state index in [-0.39, 0.29) is 5.91 Å². The molecule has 0 bridgehead atoms. The molecule has 0 radical (unpaired) electrons. The summed E-state index contributed by atoms with van der Waals surface area (Å²) in [7, 11) is 1.73. The molecule has 0 aliphatic carbocycles.